The maximum atomic E-state index is 6.12. The van der Waals surface area contributed by atoms with Gasteiger partial charge in [-0.15, -0.1) is 0 Å². The third-order valence-corrected chi connectivity index (χ3v) is 3.27. The van der Waals surface area contributed by atoms with Gasteiger partial charge in [0.1, 0.15) is 5.75 Å². The molecule has 1 aromatic carbocycles. The van der Waals surface area contributed by atoms with Gasteiger partial charge in [-0.3, -0.25) is 5.10 Å². The number of hydrogen-bond donors (Lipinski definition) is 2. The molecule has 1 heterocycles. The first-order valence-corrected chi connectivity index (χ1v) is 5.70. The highest BCUT2D eigenvalue weighted by molar-refractivity contribution is 5.61. The third kappa shape index (κ3) is 1.80. The van der Waals surface area contributed by atoms with Gasteiger partial charge in [-0.2, -0.15) is 5.10 Å². The van der Waals surface area contributed by atoms with Crippen LogP contribution in [0, 0.1) is 0 Å². The summed E-state index contributed by atoms with van der Waals surface area (Å²) in [5.41, 5.74) is 8.93. The summed E-state index contributed by atoms with van der Waals surface area (Å²) in [6, 6.07) is 9.89. The average molecular weight is 229 g/mol. The Hall–Kier alpha value is -1.81. The minimum Gasteiger partial charge on any atom is -0.497 e. The summed E-state index contributed by atoms with van der Waals surface area (Å²) < 4.78 is 5.20. The van der Waals surface area contributed by atoms with Gasteiger partial charge in [0.15, 0.2) is 0 Å². The number of nitrogens with one attached hydrogen (secondary N) is 1. The lowest BCUT2D eigenvalue weighted by Crippen LogP contribution is -2.18. The van der Waals surface area contributed by atoms with Crippen molar-refractivity contribution in [3.05, 3.63) is 36.0 Å². The van der Waals surface area contributed by atoms with Crippen LogP contribution in [0.3, 0.4) is 0 Å². The first kappa shape index (κ1) is 10.4. The van der Waals surface area contributed by atoms with Gasteiger partial charge in [0.05, 0.1) is 24.0 Å². The van der Waals surface area contributed by atoms with Crippen LogP contribution in [0.4, 0.5) is 0 Å². The number of H-pyrrole nitrogens is 1. The Labute approximate surface area is 99.8 Å². The Balaban J connectivity index is 1.95. The van der Waals surface area contributed by atoms with E-state index < -0.39 is 0 Å². The normalized spacial score (nSPS) is 16.8. The summed E-state index contributed by atoms with van der Waals surface area (Å²) in [6.07, 6.45) is 2.07. The van der Waals surface area contributed by atoms with Crippen LogP contribution in [0.5, 0.6) is 5.75 Å². The predicted octanol–water partition coefficient (Wildman–Crippen LogP) is 2.03. The van der Waals surface area contributed by atoms with Crippen molar-refractivity contribution in [2.45, 2.75) is 18.4 Å². The quantitative estimate of drug-likeness (QED) is 0.846. The maximum Gasteiger partial charge on any atom is 0.119 e. The van der Waals surface area contributed by atoms with E-state index in [0.29, 0.717) is 0 Å². The monoisotopic (exact) mass is 229 g/mol. The number of hydrogen-bond acceptors (Lipinski definition) is 3. The SMILES string of the molecule is COc1cccc(-c2cc(C3(N)CC3)[nH]n2)c1. The van der Waals surface area contributed by atoms with E-state index in [4.69, 9.17) is 10.5 Å². The van der Waals surface area contributed by atoms with Crippen molar-refractivity contribution in [3.8, 4) is 17.0 Å². The molecule has 2 aromatic rings. The van der Waals surface area contributed by atoms with E-state index in [1.165, 1.54) is 0 Å². The van der Waals surface area contributed by atoms with E-state index in [9.17, 15) is 0 Å². The Kier molecular flexibility index (Phi) is 2.19. The van der Waals surface area contributed by atoms with Crippen LogP contribution in [0.15, 0.2) is 30.3 Å². The molecule has 88 valence electrons. The topological polar surface area (TPSA) is 63.9 Å². The number of aromatic amines is 1. The summed E-state index contributed by atoms with van der Waals surface area (Å²) in [5, 5.41) is 7.34. The highest BCUT2D eigenvalue weighted by atomic mass is 16.5. The fraction of sp³-hybridized carbons (Fsp3) is 0.308. The van der Waals surface area contributed by atoms with Crippen molar-refractivity contribution in [3.63, 3.8) is 0 Å². The van der Waals surface area contributed by atoms with Crippen molar-refractivity contribution in [2.75, 3.05) is 7.11 Å². The molecule has 0 saturated heterocycles. The molecule has 3 rings (SSSR count). The summed E-state index contributed by atoms with van der Waals surface area (Å²) in [7, 11) is 1.66. The Morgan fingerprint density at radius 3 is 2.88 bits per heavy atom. The summed E-state index contributed by atoms with van der Waals surface area (Å²) in [4.78, 5) is 0. The molecule has 0 amide bonds. The second kappa shape index (κ2) is 3.60. The van der Waals surface area contributed by atoms with Crippen molar-refractivity contribution in [2.24, 2.45) is 5.73 Å². The summed E-state index contributed by atoms with van der Waals surface area (Å²) in [5.74, 6) is 0.834. The Bertz CT molecular complexity index is 543. The molecule has 4 nitrogen and oxygen atoms in total. The fourth-order valence-corrected chi connectivity index (χ4v) is 1.91. The molecule has 0 radical (unpaired) electrons. The van der Waals surface area contributed by atoms with E-state index >= 15 is 0 Å². The van der Waals surface area contributed by atoms with Gasteiger partial charge in [-0.1, -0.05) is 12.1 Å². The van der Waals surface area contributed by atoms with Crippen molar-refractivity contribution >= 4 is 0 Å². The molecule has 1 aliphatic rings. The smallest absolute Gasteiger partial charge is 0.119 e. The third-order valence-electron chi connectivity index (χ3n) is 3.27. The minimum absolute atomic E-state index is 0.163. The van der Waals surface area contributed by atoms with Gasteiger partial charge < -0.3 is 10.5 Å². The number of rotatable bonds is 3. The molecule has 17 heavy (non-hydrogen) atoms. The first-order chi connectivity index (χ1) is 8.21. The lowest BCUT2D eigenvalue weighted by Gasteiger charge is -2.03. The van der Waals surface area contributed by atoms with E-state index in [2.05, 4.69) is 10.2 Å². The molecule has 0 unspecified atom stereocenters. The van der Waals surface area contributed by atoms with E-state index in [0.717, 1.165) is 35.5 Å². The maximum absolute atomic E-state index is 6.12. The predicted molar refractivity (Wildman–Crippen MR) is 65.7 cm³/mol. The van der Waals surface area contributed by atoms with Crippen LogP contribution in [0.2, 0.25) is 0 Å². The largest absolute Gasteiger partial charge is 0.497 e. The molecule has 4 heteroatoms. The second-order valence-electron chi connectivity index (χ2n) is 4.55. The Morgan fingerprint density at radius 1 is 1.35 bits per heavy atom. The zero-order chi connectivity index (χ0) is 11.9. The zero-order valence-electron chi connectivity index (χ0n) is 9.73. The standard InChI is InChI=1S/C13H15N3O/c1-17-10-4-2-3-9(7-10)11-8-12(16-15-11)13(14)5-6-13/h2-4,7-8H,5-6,14H2,1H3,(H,15,16). The van der Waals surface area contributed by atoms with Crippen molar-refractivity contribution in [1.82, 2.24) is 10.2 Å². The number of aromatic nitrogens is 2. The van der Waals surface area contributed by atoms with Crippen molar-refractivity contribution < 1.29 is 4.74 Å². The molecule has 1 aliphatic carbocycles. The fourth-order valence-electron chi connectivity index (χ4n) is 1.91. The molecule has 0 aliphatic heterocycles. The molecular formula is C13H15N3O. The van der Waals surface area contributed by atoms with Crippen LogP contribution < -0.4 is 10.5 Å². The van der Waals surface area contributed by atoms with Crippen LogP contribution in [-0.2, 0) is 5.54 Å². The van der Waals surface area contributed by atoms with Crippen LogP contribution in [0.1, 0.15) is 18.5 Å². The molecule has 0 spiro atoms. The van der Waals surface area contributed by atoms with E-state index in [-0.39, 0.29) is 5.54 Å². The number of nitrogens with zero attached hydrogens (tertiary/aromatic N) is 1. The van der Waals surface area contributed by atoms with Crippen molar-refractivity contribution in [1.29, 1.82) is 0 Å². The number of methoxy groups -OCH3 is 1. The van der Waals surface area contributed by atoms with Gasteiger partial charge >= 0.3 is 0 Å². The molecule has 3 N–H and O–H groups in total. The van der Waals surface area contributed by atoms with Gasteiger partial charge in [0.25, 0.3) is 0 Å². The highest BCUT2D eigenvalue weighted by Gasteiger charge is 2.41. The molecular weight excluding hydrogens is 214 g/mol. The molecule has 0 atom stereocenters. The highest BCUT2D eigenvalue weighted by Crippen LogP contribution is 2.42. The average Bonchev–Trinajstić information content (AvgIpc) is 2.94. The van der Waals surface area contributed by atoms with Gasteiger partial charge in [-0.05, 0) is 31.0 Å². The zero-order valence-corrected chi connectivity index (χ0v) is 9.73. The lowest BCUT2D eigenvalue weighted by molar-refractivity contribution is 0.415. The summed E-state index contributed by atoms with van der Waals surface area (Å²) >= 11 is 0. The van der Waals surface area contributed by atoms with E-state index in [1.54, 1.807) is 7.11 Å². The van der Waals surface area contributed by atoms with Gasteiger partial charge in [0.2, 0.25) is 0 Å². The molecule has 1 aromatic heterocycles. The Morgan fingerprint density at radius 2 is 2.18 bits per heavy atom. The molecule has 0 bridgehead atoms. The minimum atomic E-state index is -0.163. The number of nitrogens with two attached hydrogens (primary N) is 1. The van der Waals surface area contributed by atoms with Crippen LogP contribution >= 0.6 is 0 Å². The van der Waals surface area contributed by atoms with Gasteiger partial charge in [0, 0.05) is 5.56 Å². The van der Waals surface area contributed by atoms with Crippen LogP contribution in [-0.4, -0.2) is 17.3 Å². The molecule has 1 saturated carbocycles. The van der Waals surface area contributed by atoms with Gasteiger partial charge in [-0.25, -0.2) is 0 Å². The second-order valence-corrected chi connectivity index (χ2v) is 4.55. The lowest BCUT2D eigenvalue weighted by atomic mass is 10.1. The van der Waals surface area contributed by atoms with Crippen LogP contribution in [0.25, 0.3) is 11.3 Å². The van der Waals surface area contributed by atoms with E-state index in [1.807, 2.05) is 30.3 Å². The summed E-state index contributed by atoms with van der Waals surface area (Å²) in [6.45, 7) is 0. The number of benzene rings is 1. The number of ether oxygens (including phenoxy) is 1. The first-order valence-electron chi connectivity index (χ1n) is 5.70. The molecule has 1 fully saturated rings.